The molecule has 0 saturated carbocycles. The smallest absolute Gasteiger partial charge is 0.0621 e. The van der Waals surface area contributed by atoms with Crippen molar-refractivity contribution in [2.45, 2.75) is 52.9 Å². The number of rotatable bonds is 6. The first-order valence-electron chi connectivity index (χ1n) is 7.17. The highest BCUT2D eigenvalue weighted by molar-refractivity contribution is 4.87. The first-order valence-corrected chi connectivity index (χ1v) is 7.17. The van der Waals surface area contributed by atoms with E-state index in [9.17, 15) is 5.11 Å². The van der Waals surface area contributed by atoms with E-state index < -0.39 is 0 Å². The minimum atomic E-state index is 0.174. The van der Waals surface area contributed by atoms with E-state index in [1.807, 2.05) is 0 Å². The lowest BCUT2D eigenvalue weighted by molar-refractivity contribution is 0.0270. The number of hydrogen-bond donors (Lipinski definition) is 1. The molecular formula is C15H28N2O. The van der Waals surface area contributed by atoms with Crippen LogP contribution in [-0.4, -0.2) is 36.2 Å². The molecule has 1 aliphatic heterocycles. The maximum Gasteiger partial charge on any atom is 0.0621 e. The third-order valence-electron chi connectivity index (χ3n) is 4.57. The molecule has 1 heterocycles. The fourth-order valence-electron chi connectivity index (χ4n) is 2.89. The topological polar surface area (TPSA) is 47.3 Å². The van der Waals surface area contributed by atoms with Crippen molar-refractivity contribution in [3.8, 4) is 6.07 Å². The molecule has 0 aliphatic carbocycles. The normalized spacial score (nSPS) is 20.6. The van der Waals surface area contributed by atoms with E-state index in [0.29, 0.717) is 13.0 Å². The van der Waals surface area contributed by atoms with Crippen LogP contribution in [-0.2, 0) is 0 Å². The van der Waals surface area contributed by atoms with Gasteiger partial charge in [0, 0.05) is 19.6 Å². The lowest BCUT2D eigenvalue weighted by atomic mass is 9.76. The van der Waals surface area contributed by atoms with Crippen LogP contribution in [0.15, 0.2) is 0 Å². The van der Waals surface area contributed by atoms with Crippen LogP contribution < -0.4 is 0 Å². The van der Waals surface area contributed by atoms with Crippen LogP contribution in [0.25, 0.3) is 0 Å². The van der Waals surface area contributed by atoms with Crippen molar-refractivity contribution >= 4 is 0 Å². The summed E-state index contributed by atoms with van der Waals surface area (Å²) >= 11 is 0. The molecule has 1 fully saturated rings. The van der Waals surface area contributed by atoms with Crippen LogP contribution in [0.4, 0.5) is 0 Å². The number of hydrogen-bond acceptors (Lipinski definition) is 3. The summed E-state index contributed by atoms with van der Waals surface area (Å²) in [7, 11) is 0. The predicted molar refractivity (Wildman–Crippen MR) is 74.1 cm³/mol. The van der Waals surface area contributed by atoms with E-state index in [-0.39, 0.29) is 10.8 Å². The molecule has 3 nitrogen and oxygen atoms in total. The highest BCUT2D eigenvalue weighted by Crippen LogP contribution is 2.35. The standard InChI is InChI=1S/C15H28N2O/c1-4-15(13-18)7-10-17(11-8-15)12-14(2,3)6-5-9-16/h18H,4-8,10-13H2,1-3H3. The number of aliphatic hydroxyl groups excluding tert-OH is 1. The number of likely N-dealkylation sites (tertiary alicyclic amines) is 1. The Bertz CT molecular complexity index is 279. The molecule has 104 valence electrons. The number of aliphatic hydroxyl groups is 1. The first-order chi connectivity index (χ1) is 8.47. The van der Waals surface area contributed by atoms with Gasteiger partial charge in [-0.05, 0) is 49.6 Å². The minimum absolute atomic E-state index is 0.174. The Hall–Kier alpha value is -0.590. The van der Waals surface area contributed by atoms with Crippen molar-refractivity contribution in [1.82, 2.24) is 4.90 Å². The van der Waals surface area contributed by atoms with E-state index in [4.69, 9.17) is 5.26 Å². The largest absolute Gasteiger partial charge is 0.396 e. The van der Waals surface area contributed by atoms with Gasteiger partial charge < -0.3 is 10.0 Å². The molecule has 3 heteroatoms. The fourth-order valence-corrected chi connectivity index (χ4v) is 2.89. The van der Waals surface area contributed by atoms with Crippen LogP contribution >= 0.6 is 0 Å². The predicted octanol–water partition coefficient (Wildman–Crippen LogP) is 2.80. The molecule has 0 amide bonds. The Kier molecular flexibility index (Phi) is 5.62. The molecular weight excluding hydrogens is 224 g/mol. The highest BCUT2D eigenvalue weighted by Gasteiger charge is 2.33. The Labute approximate surface area is 112 Å². The van der Waals surface area contributed by atoms with Crippen molar-refractivity contribution in [3.63, 3.8) is 0 Å². The van der Waals surface area contributed by atoms with Gasteiger partial charge in [0.25, 0.3) is 0 Å². The molecule has 1 N–H and O–H groups in total. The second-order valence-corrected chi connectivity index (χ2v) is 6.61. The van der Waals surface area contributed by atoms with Crippen molar-refractivity contribution in [2.24, 2.45) is 10.8 Å². The van der Waals surface area contributed by atoms with Crippen LogP contribution in [0.2, 0.25) is 0 Å². The molecule has 0 bridgehead atoms. The summed E-state index contributed by atoms with van der Waals surface area (Å²) in [4.78, 5) is 2.50. The van der Waals surface area contributed by atoms with Crippen molar-refractivity contribution < 1.29 is 5.11 Å². The molecule has 0 aromatic heterocycles. The van der Waals surface area contributed by atoms with Gasteiger partial charge in [-0.25, -0.2) is 0 Å². The molecule has 18 heavy (non-hydrogen) atoms. The summed E-state index contributed by atoms with van der Waals surface area (Å²) in [6, 6.07) is 2.24. The first kappa shape index (κ1) is 15.5. The Morgan fingerprint density at radius 1 is 1.33 bits per heavy atom. The van der Waals surface area contributed by atoms with Gasteiger partial charge in [-0.3, -0.25) is 0 Å². The van der Waals surface area contributed by atoms with Gasteiger partial charge in [-0.1, -0.05) is 20.8 Å². The fraction of sp³-hybridized carbons (Fsp3) is 0.933. The van der Waals surface area contributed by atoms with E-state index in [0.717, 1.165) is 45.3 Å². The average Bonchev–Trinajstić information content (AvgIpc) is 2.37. The SMILES string of the molecule is CCC1(CO)CCN(CC(C)(C)CCC#N)CC1. The summed E-state index contributed by atoms with van der Waals surface area (Å²) < 4.78 is 0. The molecule has 1 aliphatic rings. The van der Waals surface area contributed by atoms with Crippen molar-refractivity contribution in [3.05, 3.63) is 0 Å². The third kappa shape index (κ3) is 4.26. The third-order valence-corrected chi connectivity index (χ3v) is 4.57. The van der Waals surface area contributed by atoms with Gasteiger partial charge in [0.2, 0.25) is 0 Å². The van der Waals surface area contributed by atoms with Gasteiger partial charge in [-0.15, -0.1) is 0 Å². The Morgan fingerprint density at radius 2 is 1.94 bits per heavy atom. The van der Waals surface area contributed by atoms with Gasteiger partial charge >= 0.3 is 0 Å². The molecule has 0 radical (unpaired) electrons. The monoisotopic (exact) mass is 252 g/mol. The summed E-state index contributed by atoms with van der Waals surface area (Å²) in [5, 5.41) is 18.2. The van der Waals surface area contributed by atoms with Crippen molar-refractivity contribution in [1.29, 1.82) is 5.26 Å². The van der Waals surface area contributed by atoms with Crippen LogP contribution in [0, 0.1) is 22.2 Å². The molecule has 0 unspecified atom stereocenters. The summed E-state index contributed by atoms with van der Waals surface area (Å²) in [6.07, 6.45) is 4.91. The van der Waals surface area contributed by atoms with Crippen molar-refractivity contribution in [2.75, 3.05) is 26.2 Å². The van der Waals surface area contributed by atoms with Crippen LogP contribution in [0.3, 0.4) is 0 Å². The van der Waals surface area contributed by atoms with Gasteiger partial charge in [-0.2, -0.15) is 5.26 Å². The lowest BCUT2D eigenvalue weighted by Gasteiger charge is -2.42. The quantitative estimate of drug-likeness (QED) is 0.790. The zero-order valence-electron chi connectivity index (χ0n) is 12.2. The van der Waals surface area contributed by atoms with E-state index >= 15 is 0 Å². The van der Waals surface area contributed by atoms with Crippen LogP contribution in [0.1, 0.15) is 52.9 Å². The minimum Gasteiger partial charge on any atom is -0.396 e. The lowest BCUT2D eigenvalue weighted by Crippen LogP contribution is -2.45. The van der Waals surface area contributed by atoms with E-state index in [1.165, 1.54) is 0 Å². The van der Waals surface area contributed by atoms with Gasteiger partial charge in [0.05, 0.1) is 6.07 Å². The van der Waals surface area contributed by atoms with E-state index in [1.54, 1.807) is 0 Å². The maximum absolute atomic E-state index is 9.52. The number of piperidine rings is 1. The molecule has 1 rings (SSSR count). The number of nitriles is 1. The average molecular weight is 252 g/mol. The molecule has 0 spiro atoms. The molecule has 1 saturated heterocycles. The van der Waals surface area contributed by atoms with E-state index in [2.05, 4.69) is 31.7 Å². The summed E-state index contributed by atoms with van der Waals surface area (Å²) in [5.41, 5.74) is 0.397. The zero-order chi connectivity index (χ0) is 13.6. The molecule has 0 aromatic carbocycles. The second-order valence-electron chi connectivity index (χ2n) is 6.61. The summed E-state index contributed by atoms with van der Waals surface area (Å²) in [5.74, 6) is 0. The number of nitrogens with zero attached hydrogens (tertiary/aromatic N) is 2. The Morgan fingerprint density at radius 3 is 2.39 bits per heavy atom. The van der Waals surface area contributed by atoms with Gasteiger partial charge in [0.1, 0.15) is 0 Å². The zero-order valence-corrected chi connectivity index (χ0v) is 12.2. The highest BCUT2D eigenvalue weighted by atomic mass is 16.3. The maximum atomic E-state index is 9.52. The molecule has 0 aromatic rings. The Balaban J connectivity index is 2.42. The van der Waals surface area contributed by atoms with Gasteiger partial charge in [0.15, 0.2) is 0 Å². The second kappa shape index (κ2) is 6.54. The molecule has 0 atom stereocenters. The summed E-state index contributed by atoms with van der Waals surface area (Å²) in [6.45, 7) is 10.3. The van der Waals surface area contributed by atoms with Crippen LogP contribution in [0.5, 0.6) is 0 Å².